The topological polar surface area (TPSA) is 93.8 Å². The maximum Gasteiger partial charge on any atom is 0.344 e. The standard InChI is InChI=1S/C24H18ClN3O4/c1-15(24(30)31)32-21-12-11-16(13-19(21)25)14-26-28-22(17-7-3-2-4-8-17)27-20-10-6-5-9-18(20)23(28)29/h2-15H,1H3,(H,30,31)/t15-/m0/s1. The first-order valence-corrected chi connectivity index (χ1v) is 10.1. The van der Waals surface area contributed by atoms with Crippen LogP contribution in [0.2, 0.25) is 5.02 Å². The van der Waals surface area contributed by atoms with Gasteiger partial charge in [-0.2, -0.15) is 9.78 Å². The molecular formula is C24H18ClN3O4. The van der Waals surface area contributed by atoms with E-state index in [4.69, 9.17) is 21.4 Å². The highest BCUT2D eigenvalue weighted by atomic mass is 35.5. The maximum atomic E-state index is 13.2. The Bertz CT molecular complexity index is 1380. The molecule has 0 fully saturated rings. The number of carbonyl (C=O) groups is 1. The van der Waals surface area contributed by atoms with E-state index in [1.165, 1.54) is 17.8 Å². The summed E-state index contributed by atoms with van der Waals surface area (Å²) in [6.07, 6.45) is 0.448. The highest BCUT2D eigenvalue weighted by Gasteiger charge is 2.15. The van der Waals surface area contributed by atoms with E-state index in [0.29, 0.717) is 22.3 Å². The van der Waals surface area contributed by atoms with Crippen molar-refractivity contribution in [2.45, 2.75) is 13.0 Å². The Morgan fingerprint density at radius 3 is 2.56 bits per heavy atom. The van der Waals surface area contributed by atoms with Gasteiger partial charge in [-0.15, -0.1) is 0 Å². The van der Waals surface area contributed by atoms with E-state index in [0.717, 1.165) is 5.56 Å². The van der Waals surface area contributed by atoms with Crippen LogP contribution in [-0.4, -0.2) is 33.1 Å². The molecule has 160 valence electrons. The molecule has 32 heavy (non-hydrogen) atoms. The van der Waals surface area contributed by atoms with Crippen molar-refractivity contribution >= 4 is 34.7 Å². The number of carboxylic acids is 1. The largest absolute Gasteiger partial charge is 0.479 e. The molecule has 0 aliphatic carbocycles. The van der Waals surface area contributed by atoms with Gasteiger partial charge in [-0.25, -0.2) is 9.78 Å². The molecular weight excluding hydrogens is 430 g/mol. The second-order valence-electron chi connectivity index (χ2n) is 6.97. The van der Waals surface area contributed by atoms with E-state index in [9.17, 15) is 9.59 Å². The van der Waals surface area contributed by atoms with E-state index >= 15 is 0 Å². The van der Waals surface area contributed by atoms with E-state index in [1.54, 1.807) is 36.4 Å². The summed E-state index contributed by atoms with van der Waals surface area (Å²) in [5.41, 5.74) is 1.63. The summed E-state index contributed by atoms with van der Waals surface area (Å²) in [6, 6.07) is 21.2. The number of halogens is 1. The van der Waals surface area contributed by atoms with Gasteiger partial charge in [0, 0.05) is 5.56 Å². The van der Waals surface area contributed by atoms with Gasteiger partial charge in [0.05, 0.1) is 22.1 Å². The second-order valence-corrected chi connectivity index (χ2v) is 7.38. The number of hydrogen-bond donors (Lipinski definition) is 1. The van der Waals surface area contributed by atoms with Crippen molar-refractivity contribution in [1.82, 2.24) is 9.66 Å². The predicted octanol–water partition coefficient (Wildman–Crippen LogP) is 4.45. The first-order valence-electron chi connectivity index (χ1n) is 9.74. The Hall–Kier alpha value is -3.97. The zero-order chi connectivity index (χ0) is 22.7. The minimum Gasteiger partial charge on any atom is -0.479 e. The zero-order valence-corrected chi connectivity index (χ0v) is 17.7. The molecule has 0 aliphatic heterocycles. The molecule has 0 saturated carbocycles. The third kappa shape index (κ3) is 4.38. The fourth-order valence-corrected chi connectivity index (χ4v) is 3.30. The molecule has 8 heteroatoms. The van der Waals surface area contributed by atoms with Crippen molar-refractivity contribution < 1.29 is 14.6 Å². The van der Waals surface area contributed by atoms with Crippen LogP contribution in [0.4, 0.5) is 0 Å². The SMILES string of the molecule is C[C@H](Oc1ccc(C=Nn2c(-c3ccccc3)nc3ccccc3c2=O)cc1Cl)C(=O)O. The summed E-state index contributed by atoms with van der Waals surface area (Å²) in [5, 5.41) is 14.1. The molecule has 0 saturated heterocycles. The minimum absolute atomic E-state index is 0.231. The van der Waals surface area contributed by atoms with Crippen LogP contribution in [0.3, 0.4) is 0 Å². The summed E-state index contributed by atoms with van der Waals surface area (Å²) in [4.78, 5) is 28.8. The van der Waals surface area contributed by atoms with Gasteiger partial charge in [0.15, 0.2) is 11.9 Å². The second kappa shape index (κ2) is 9.03. The van der Waals surface area contributed by atoms with Gasteiger partial charge in [-0.3, -0.25) is 4.79 Å². The Kier molecular flexibility index (Phi) is 6.00. The van der Waals surface area contributed by atoms with E-state index in [-0.39, 0.29) is 16.3 Å². The van der Waals surface area contributed by atoms with Crippen LogP contribution in [0.25, 0.3) is 22.3 Å². The van der Waals surface area contributed by atoms with Crippen LogP contribution >= 0.6 is 11.6 Å². The molecule has 1 heterocycles. The fourth-order valence-electron chi connectivity index (χ4n) is 3.06. The summed E-state index contributed by atoms with van der Waals surface area (Å²) in [6.45, 7) is 1.41. The van der Waals surface area contributed by atoms with Crippen molar-refractivity contribution in [1.29, 1.82) is 0 Å². The summed E-state index contributed by atoms with van der Waals surface area (Å²) in [7, 11) is 0. The first kappa shape index (κ1) is 21.3. The molecule has 1 atom stereocenters. The molecule has 0 spiro atoms. The smallest absolute Gasteiger partial charge is 0.344 e. The minimum atomic E-state index is -1.09. The lowest BCUT2D eigenvalue weighted by molar-refractivity contribution is -0.144. The quantitative estimate of drug-likeness (QED) is 0.441. The van der Waals surface area contributed by atoms with Crippen LogP contribution in [0.1, 0.15) is 12.5 Å². The van der Waals surface area contributed by atoms with E-state index in [1.807, 2.05) is 36.4 Å². The predicted molar refractivity (Wildman–Crippen MR) is 124 cm³/mol. The van der Waals surface area contributed by atoms with Crippen LogP contribution in [0, 0.1) is 0 Å². The molecule has 7 nitrogen and oxygen atoms in total. The van der Waals surface area contributed by atoms with Crippen LogP contribution in [0.5, 0.6) is 5.75 Å². The molecule has 4 aromatic rings. The Morgan fingerprint density at radius 2 is 1.84 bits per heavy atom. The molecule has 0 aliphatic rings. The third-order valence-corrected chi connectivity index (χ3v) is 5.01. The summed E-state index contributed by atoms with van der Waals surface area (Å²) in [5.74, 6) is -0.441. The van der Waals surface area contributed by atoms with Crippen molar-refractivity contribution in [2.24, 2.45) is 5.10 Å². The monoisotopic (exact) mass is 447 g/mol. The Balaban J connectivity index is 1.75. The number of aromatic nitrogens is 2. The highest BCUT2D eigenvalue weighted by Crippen LogP contribution is 2.26. The number of benzene rings is 3. The third-order valence-electron chi connectivity index (χ3n) is 4.72. The van der Waals surface area contributed by atoms with Gasteiger partial charge < -0.3 is 9.84 Å². The Morgan fingerprint density at radius 1 is 1.12 bits per heavy atom. The molecule has 0 radical (unpaired) electrons. The van der Waals surface area contributed by atoms with Crippen molar-refractivity contribution in [3.8, 4) is 17.1 Å². The summed E-state index contributed by atoms with van der Waals surface area (Å²) >= 11 is 6.24. The van der Waals surface area contributed by atoms with Gasteiger partial charge in [0.2, 0.25) is 0 Å². The number of fused-ring (bicyclic) bond motifs is 1. The van der Waals surface area contributed by atoms with Crippen molar-refractivity contribution in [3.05, 3.63) is 93.7 Å². The average molecular weight is 448 g/mol. The van der Waals surface area contributed by atoms with Crippen LogP contribution in [0.15, 0.2) is 82.7 Å². The molecule has 0 bridgehead atoms. The van der Waals surface area contributed by atoms with E-state index < -0.39 is 12.1 Å². The lowest BCUT2D eigenvalue weighted by atomic mass is 10.2. The molecule has 3 aromatic carbocycles. The molecule has 1 aromatic heterocycles. The molecule has 4 rings (SSSR count). The maximum absolute atomic E-state index is 13.2. The fraction of sp³-hybridized carbons (Fsp3) is 0.0833. The number of aliphatic carboxylic acids is 1. The van der Waals surface area contributed by atoms with Crippen LogP contribution < -0.4 is 10.3 Å². The van der Waals surface area contributed by atoms with E-state index in [2.05, 4.69) is 10.1 Å². The van der Waals surface area contributed by atoms with Gasteiger partial charge in [-0.05, 0) is 42.8 Å². The van der Waals surface area contributed by atoms with Gasteiger partial charge >= 0.3 is 5.97 Å². The van der Waals surface area contributed by atoms with Crippen molar-refractivity contribution in [2.75, 3.05) is 0 Å². The molecule has 0 unspecified atom stereocenters. The number of nitrogens with zero attached hydrogens (tertiary/aromatic N) is 3. The van der Waals surface area contributed by atoms with Gasteiger partial charge in [-0.1, -0.05) is 54.1 Å². The van der Waals surface area contributed by atoms with Gasteiger partial charge in [0.1, 0.15) is 5.75 Å². The van der Waals surface area contributed by atoms with Crippen molar-refractivity contribution in [3.63, 3.8) is 0 Å². The lowest BCUT2D eigenvalue weighted by Gasteiger charge is -2.12. The van der Waals surface area contributed by atoms with Crippen LogP contribution in [-0.2, 0) is 4.79 Å². The molecule has 0 amide bonds. The summed E-state index contributed by atoms with van der Waals surface area (Å²) < 4.78 is 6.58. The zero-order valence-electron chi connectivity index (χ0n) is 17.0. The number of carboxylic acid groups (broad SMARTS) is 1. The molecule has 1 N–H and O–H groups in total. The number of rotatable bonds is 6. The normalized spacial score (nSPS) is 12.2. The Labute approximate surface area is 188 Å². The van der Waals surface area contributed by atoms with Gasteiger partial charge in [0.25, 0.3) is 5.56 Å². The lowest BCUT2D eigenvalue weighted by Crippen LogP contribution is -2.23. The number of ether oxygens (including phenoxy) is 1. The number of para-hydroxylation sites is 1. The number of hydrogen-bond acceptors (Lipinski definition) is 5. The average Bonchev–Trinajstić information content (AvgIpc) is 2.80. The highest BCUT2D eigenvalue weighted by molar-refractivity contribution is 6.32. The first-order chi connectivity index (χ1) is 15.4.